The van der Waals surface area contributed by atoms with E-state index < -0.39 is 9.76 Å². The lowest BCUT2D eigenvalue weighted by atomic mass is 10.5. The second kappa shape index (κ2) is 5.96. The van der Waals surface area contributed by atoms with E-state index in [9.17, 15) is 4.79 Å². The first-order chi connectivity index (χ1) is 5.56. The van der Waals surface area contributed by atoms with Crippen LogP contribution in [0.5, 0.6) is 0 Å². The van der Waals surface area contributed by atoms with Crippen molar-refractivity contribution >= 4 is 15.7 Å². The Kier molecular flexibility index (Phi) is 5.66. The Balaban J connectivity index is 3.52. The maximum Gasteiger partial charge on any atom is 0.330 e. The zero-order valence-corrected chi connectivity index (χ0v) is 9.29. The SMILES string of the molecule is C=CC(=O)OC(C)[SiH2]OC(C)C. The molecule has 0 aromatic carbocycles. The normalized spacial score (nSPS) is 13.7. The van der Waals surface area contributed by atoms with E-state index in [0.29, 0.717) is 0 Å². The van der Waals surface area contributed by atoms with Gasteiger partial charge >= 0.3 is 5.97 Å². The maximum atomic E-state index is 10.7. The summed E-state index contributed by atoms with van der Waals surface area (Å²) in [5.41, 5.74) is -0.0714. The Morgan fingerprint density at radius 3 is 2.50 bits per heavy atom. The fourth-order valence-electron chi connectivity index (χ4n) is 0.608. The summed E-state index contributed by atoms with van der Waals surface area (Å²) in [6.45, 7) is 9.09. The lowest BCUT2D eigenvalue weighted by molar-refractivity contribution is -0.139. The van der Waals surface area contributed by atoms with E-state index in [1.807, 2.05) is 20.8 Å². The lowest BCUT2D eigenvalue weighted by Crippen LogP contribution is -2.24. The molecule has 0 N–H and O–H groups in total. The van der Waals surface area contributed by atoms with Crippen molar-refractivity contribution in [1.82, 2.24) is 0 Å². The highest BCUT2D eigenvalue weighted by Crippen LogP contribution is 1.94. The Morgan fingerprint density at radius 1 is 1.50 bits per heavy atom. The summed E-state index contributed by atoms with van der Waals surface area (Å²) >= 11 is 0. The molecule has 0 amide bonds. The van der Waals surface area contributed by atoms with Gasteiger partial charge in [-0.2, -0.15) is 0 Å². The van der Waals surface area contributed by atoms with Crippen LogP contribution in [0.2, 0.25) is 0 Å². The maximum absolute atomic E-state index is 10.7. The Morgan fingerprint density at radius 2 is 2.08 bits per heavy atom. The molecule has 0 aromatic heterocycles. The number of hydrogen-bond acceptors (Lipinski definition) is 3. The summed E-state index contributed by atoms with van der Waals surface area (Å²) in [4.78, 5) is 10.7. The molecule has 0 aliphatic heterocycles. The third kappa shape index (κ3) is 6.12. The molecular weight excluding hydrogens is 172 g/mol. The summed E-state index contributed by atoms with van der Waals surface area (Å²) in [6, 6.07) is 0. The average Bonchev–Trinajstić information content (AvgIpc) is 2.00. The summed E-state index contributed by atoms with van der Waals surface area (Å²) in [6.07, 6.45) is 1.39. The van der Waals surface area contributed by atoms with Gasteiger partial charge in [0.15, 0.2) is 0 Å². The van der Waals surface area contributed by atoms with Crippen molar-refractivity contribution in [2.24, 2.45) is 0 Å². The molecule has 0 heterocycles. The van der Waals surface area contributed by atoms with Gasteiger partial charge in [-0.1, -0.05) is 6.58 Å². The number of rotatable bonds is 5. The van der Waals surface area contributed by atoms with Crippen LogP contribution >= 0.6 is 0 Å². The Hall–Kier alpha value is -0.613. The highest BCUT2D eigenvalue weighted by Gasteiger charge is 2.08. The zero-order valence-electron chi connectivity index (χ0n) is 7.87. The van der Waals surface area contributed by atoms with Crippen molar-refractivity contribution in [3.05, 3.63) is 12.7 Å². The van der Waals surface area contributed by atoms with Gasteiger partial charge in [-0.15, -0.1) is 0 Å². The van der Waals surface area contributed by atoms with Gasteiger partial charge in [0.05, 0.1) is 0 Å². The van der Waals surface area contributed by atoms with Gasteiger partial charge in [-0.3, -0.25) is 0 Å². The minimum Gasteiger partial charge on any atom is -0.461 e. The second-order valence-corrected chi connectivity index (χ2v) is 4.65. The van der Waals surface area contributed by atoms with Crippen molar-refractivity contribution < 1.29 is 14.0 Å². The van der Waals surface area contributed by atoms with Crippen molar-refractivity contribution in [3.63, 3.8) is 0 Å². The molecule has 0 saturated heterocycles. The number of ether oxygens (including phenoxy) is 1. The molecule has 3 nitrogen and oxygen atoms in total. The van der Waals surface area contributed by atoms with Gasteiger partial charge in [-0.05, 0) is 20.8 Å². The van der Waals surface area contributed by atoms with Crippen LogP contribution in [-0.4, -0.2) is 27.6 Å². The van der Waals surface area contributed by atoms with Gasteiger partial charge in [0.25, 0.3) is 0 Å². The molecule has 0 rings (SSSR count). The average molecular weight is 188 g/mol. The highest BCUT2D eigenvalue weighted by atomic mass is 28.2. The van der Waals surface area contributed by atoms with Gasteiger partial charge in [-0.25, -0.2) is 4.79 Å². The predicted octanol–water partition coefficient (Wildman–Crippen LogP) is 0.570. The number of carbonyl (C=O) groups excluding carboxylic acids is 1. The summed E-state index contributed by atoms with van der Waals surface area (Å²) < 4.78 is 10.3. The van der Waals surface area contributed by atoms with Crippen LogP contribution in [0, 0.1) is 0 Å². The van der Waals surface area contributed by atoms with E-state index in [0.717, 1.165) is 0 Å². The third-order valence-corrected chi connectivity index (χ3v) is 2.64. The van der Waals surface area contributed by atoms with Crippen molar-refractivity contribution in [3.8, 4) is 0 Å². The van der Waals surface area contributed by atoms with Crippen LogP contribution in [0.1, 0.15) is 20.8 Å². The van der Waals surface area contributed by atoms with E-state index in [4.69, 9.17) is 9.16 Å². The summed E-state index contributed by atoms with van der Waals surface area (Å²) in [5.74, 6) is -0.373. The molecule has 0 saturated carbocycles. The van der Waals surface area contributed by atoms with Gasteiger partial charge in [0.1, 0.15) is 5.73 Å². The molecule has 0 aliphatic rings. The van der Waals surface area contributed by atoms with Crippen LogP contribution in [-0.2, 0) is 14.0 Å². The van der Waals surface area contributed by atoms with E-state index in [1.54, 1.807) is 0 Å². The van der Waals surface area contributed by atoms with E-state index in [1.165, 1.54) is 6.08 Å². The Labute approximate surface area is 75.7 Å². The molecule has 70 valence electrons. The zero-order chi connectivity index (χ0) is 9.56. The van der Waals surface area contributed by atoms with E-state index in [2.05, 4.69) is 6.58 Å². The fourth-order valence-corrected chi connectivity index (χ4v) is 1.50. The molecule has 0 aromatic rings. The fraction of sp³-hybridized carbons (Fsp3) is 0.625. The molecule has 1 unspecified atom stereocenters. The standard InChI is InChI=1S/C8H16O3Si/c1-5-8(9)10-7(4)12-11-6(2)3/h5-7H,1,12H2,2-4H3. The first kappa shape index (κ1) is 11.4. The van der Waals surface area contributed by atoms with Crippen molar-refractivity contribution in [2.75, 3.05) is 0 Å². The first-order valence-corrected chi connectivity index (χ1v) is 5.40. The Bertz CT molecular complexity index is 156. The quantitative estimate of drug-likeness (QED) is 0.359. The van der Waals surface area contributed by atoms with Crippen LogP contribution in [0.15, 0.2) is 12.7 Å². The topological polar surface area (TPSA) is 35.5 Å². The smallest absolute Gasteiger partial charge is 0.330 e. The van der Waals surface area contributed by atoms with Crippen LogP contribution < -0.4 is 0 Å². The monoisotopic (exact) mass is 188 g/mol. The molecular formula is C8H16O3Si. The molecule has 0 spiro atoms. The minimum absolute atomic E-state index is 0.0714. The highest BCUT2D eigenvalue weighted by molar-refractivity contribution is 6.29. The number of esters is 1. The first-order valence-electron chi connectivity index (χ1n) is 4.01. The number of carbonyl (C=O) groups is 1. The molecule has 0 fully saturated rings. The summed E-state index contributed by atoms with van der Waals surface area (Å²) in [7, 11) is -0.755. The third-order valence-electron chi connectivity index (χ3n) is 1.15. The second-order valence-electron chi connectivity index (χ2n) is 2.83. The molecule has 1 atom stereocenters. The largest absolute Gasteiger partial charge is 0.461 e. The van der Waals surface area contributed by atoms with Crippen LogP contribution in [0.25, 0.3) is 0 Å². The van der Waals surface area contributed by atoms with Crippen molar-refractivity contribution in [1.29, 1.82) is 0 Å². The van der Waals surface area contributed by atoms with Crippen LogP contribution in [0.4, 0.5) is 0 Å². The molecule has 4 heteroatoms. The molecule has 0 bridgehead atoms. The number of hydrogen-bond donors (Lipinski definition) is 0. The van der Waals surface area contributed by atoms with Gasteiger partial charge < -0.3 is 9.16 Å². The van der Waals surface area contributed by atoms with E-state index in [-0.39, 0.29) is 17.8 Å². The van der Waals surface area contributed by atoms with Gasteiger partial charge in [0, 0.05) is 12.2 Å². The van der Waals surface area contributed by atoms with Gasteiger partial charge in [0.2, 0.25) is 9.76 Å². The minimum atomic E-state index is -0.755. The van der Waals surface area contributed by atoms with Crippen LogP contribution in [0.3, 0.4) is 0 Å². The summed E-state index contributed by atoms with van der Waals surface area (Å²) in [5, 5.41) is 0. The van der Waals surface area contributed by atoms with Crippen molar-refractivity contribution in [2.45, 2.75) is 32.6 Å². The predicted molar refractivity (Wildman–Crippen MR) is 50.5 cm³/mol. The molecule has 0 aliphatic carbocycles. The molecule has 12 heavy (non-hydrogen) atoms. The lowest BCUT2D eigenvalue weighted by Gasteiger charge is -2.13. The molecule has 0 radical (unpaired) electrons. The van der Waals surface area contributed by atoms with E-state index >= 15 is 0 Å².